The Kier molecular flexibility index (Phi) is 5.26. The summed E-state index contributed by atoms with van der Waals surface area (Å²) in [5.74, 6) is 0. The number of nitrogens with zero attached hydrogens (tertiary/aromatic N) is 1. The van der Waals surface area contributed by atoms with Gasteiger partial charge in [-0.1, -0.05) is 28.1 Å². The zero-order chi connectivity index (χ0) is 16.3. The summed E-state index contributed by atoms with van der Waals surface area (Å²) in [6, 6.07) is 13.0. The third kappa shape index (κ3) is 3.88. The van der Waals surface area contributed by atoms with Crippen LogP contribution in [0, 0.1) is 6.92 Å². The van der Waals surface area contributed by atoms with Gasteiger partial charge < -0.3 is 5.32 Å². The Morgan fingerprint density at radius 1 is 1.14 bits per heavy atom. The standard InChI is InChI=1S/C16H19BrN2O2S/c1-12-9-14(7-8-16(12)17)18-11-13-5-4-6-15(10-13)22(20,21)19(2)3/h4-10,18H,11H2,1-3H3. The Morgan fingerprint density at radius 2 is 1.86 bits per heavy atom. The molecule has 0 bridgehead atoms. The lowest BCUT2D eigenvalue weighted by Gasteiger charge is -2.13. The predicted molar refractivity (Wildman–Crippen MR) is 93.5 cm³/mol. The molecule has 0 fully saturated rings. The maximum absolute atomic E-state index is 12.1. The fourth-order valence-corrected chi connectivity index (χ4v) is 3.20. The van der Waals surface area contributed by atoms with Crippen molar-refractivity contribution >= 4 is 31.6 Å². The van der Waals surface area contributed by atoms with Gasteiger partial charge in [-0.2, -0.15) is 0 Å². The van der Waals surface area contributed by atoms with Gasteiger partial charge in [0.2, 0.25) is 10.0 Å². The van der Waals surface area contributed by atoms with Crippen molar-refractivity contribution in [2.24, 2.45) is 0 Å². The van der Waals surface area contributed by atoms with Crippen molar-refractivity contribution in [2.45, 2.75) is 18.4 Å². The van der Waals surface area contributed by atoms with E-state index in [1.807, 2.05) is 31.2 Å². The summed E-state index contributed by atoms with van der Waals surface area (Å²) in [7, 11) is -0.330. The lowest BCUT2D eigenvalue weighted by molar-refractivity contribution is 0.520. The molecule has 1 N–H and O–H groups in total. The van der Waals surface area contributed by atoms with Crippen molar-refractivity contribution in [3.63, 3.8) is 0 Å². The van der Waals surface area contributed by atoms with Gasteiger partial charge in [0.15, 0.2) is 0 Å². The molecule has 6 heteroatoms. The lowest BCUT2D eigenvalue weighted by atomic mass is 10.2. The first-order valence-electron chi connectivity index (χ1n) is 6.82. The smallest absolute Gasteiger partial charge is 0.242 e. The van der Waals surface area contributed by atoms with Gasteiger partial charge in [0.25, 0.3) is 0 Å². The van der Waals surface area contributed by atoms with Crippen LogP contribution in [0.25, 0.3) is 0 Å². The second kappa shape index (κ2) is 6.81. The van der Waals surface area contributed by atoms with Gasteiger partial charge in [-0.05, 0) is 48.4 Å². The van der Waals surface area contributed by atoms with Gasteiger partial charge in [-0.3, -0.25) is 0 Å². The quantitative estimate of drug-likeness (QED) is 0.858. The van der Waals surface area contributed by atoms with Crippen LogP contribution in [0.5, 0.6) is 0 Å². The van der Waals surface area contributed by atoms with Crippen LogP contribution in [0.3, 0.4) is 0 Å². The lowest BCUT2D eigenvalue weighted by Crippen LogP contribution is -2.22. The number of hydrogen-bond donors (Lipinski definition) is 1. The van der Waals surface area contributed by atoms with Crippen LogP contribution in [0.4, 0.5) is 5.69 Å². The third-order valence-electron chi connectivity index (χ3n) is 3.33. The van der Waals surface area contributed by atoms with E-state index in [1.165, 1.54) is 18.4 Å². The highest BCUT2D eigenvalue weighted by Crippen LogP contribution is 2.21. The van der Waals surface area contributed by atoms with Crippen molar-refractivity contribution in [2.75, 3.05) is 19.4 Å². The van der Waals surface area contributed by atoms with Crippen LogP contribution in [-0.2, 0) is 16.6 Å². The molecule has 2 rings (SSSR count). The molecular formula is C16H19BrN2O2S. The zero-order valence-corrected chi connectivity index (χ0v) is 15.2. The van der Waals surface area contributed by atoms with Crippen LogP contribution in [-0.4, -0.2) is 26.8 Å². The molecular weight excluding hydrogens is 364 g/mol. The molecule has 0 aliphatic rings. The Labute approximate surface area is 140 Å². The first kappa shape index (κ1) is 17.0. The number of nitrogens with one attached hydrogen (secondary N) is 1. The van der Waals surface area contributed by atoms with E-state index in [9.17, 15) is 8.42 Å². The second-order valence-corrected chi connectivity index (χ2v) is 8.26. The van der Waals surface area contributed by atoms with E-state index >= 15 is 0 Å². The van der Waals surface area contributed by atoms with Gasteiger partial charge in [0, 0.05) is 30.8 Å². The van der Waals surface area contributed by atoms with Crippen molar-refractivity contribution in [3.05, 3.63) is 58.1 Å². The average Bonchev–Trinajstić information content (AvgIpc) is 2.48. The largest absolute Gasteiger partial charge is 0.381 e. The SMILES string of the molecule is Cc1cc(NCc2cccc(S(=O)(=O)N(C)C)c2)ccc1Br. The summed E-state index contributed by atoms with van der Waals surface area (Å²) in [6.45, 7) is 2.59. The maximum atomic E-state index is 12.1. The van der Waals surface area contributed by atoms with E-state index in [-0.39, 0.29) is 0 Å². The molecule has 0 radical (unpaired) electrons. The van der Waals surface area contributed by atoms with E-state index in [4.69, 9.17) is 0 Å². The molecule has 0 heterocycles. The number of rotatable bonds is 5. The summed E-state index contributed by atoms with van der Waals surface area (Å²) >= 11 is 3.47. The van der Waals surface area contributed by atoms with Gasteiger partial charge >= 0.3 is 0 Å². The van der Waals surface area contributed by atoms with E-state index in [0.29, 0.717) is 11.4 Å². The number of aryl methyl sites for hydroxylation is 1. The molecule has 4 nitrogen and oxygen atoms in total. The highest BCUT2D eigenvalue weighted by atomic mass is 79.9. The minimum Gasteiger partial charge on any atom is -0.381 e. The minimum absolute atomic E-state index is 0.309. The van der Waals surface area contributed by atoms with E-state index in [0.717, 1.165) is 21.3 Å². The number of halogens is 1. The molecule has 0 aromatic heterocycles. The molecule has 0 saturated heterocycles. The average molecular weight is 383 g/mol. The monoisotopic (exact) mass is 382 g/mol. The molecule has 2 aromatic rings. The van der Waals surface area contributed by atoms with E-state index in [1.54, 1.807) is 18.2 Å². The van der Waals surface area contributed by atoms with Gasteiger partial charge in [0.1, 0.15) is 0 Å². The highest BCUT2D eigenvalue weighted by Gasteiger charge is 2.16. The first-order chi connectivity index (χ1) is 10.3. The van der Waals surface area contributed by atoms with Gasteiger partial charge in [-0.25, -0.2) is 12.7 Å². The molecule has 22 heavy (non-hydrogen) atoms. The molecule has 0 spiro atoms. The number of benzene rings is 2. The fourth-order valence-electron chi connectivity index (χ4n) is 1.99. The maximum Gasteiger partial charge on any atom is 0.242 e. The van der Waals surface area contributed by atoms with Crippen LogP contribution in [0.15, 0.2) is 51.8 Å². The number of hydrogen-bond acceptors (Lipinski definition) is 3. The van der Waals surface area contributed by atoms with Crippen LogP contribution in [0.2, 0.25) is 0 Å². The van der Waals surface area contributed by atoms with Crippen molar-refractivity contribution in [1.29, 1.82) is 0 Å². The second-order valence-electron chi connectivity index (χ2n) is 5.25. The Hall–Kier alpha value is -1.37. The topological polar surface area (TPSA) is 49.4 Å². The van der Waals surface area contributed by atoms with Gasteiger partial charge in [-0.15, -0.1) is 0 Å². The molecule has 0 unspecified atom stereocenters. The molecule has 0 aliphatic carbocycles. The van der Waals surface area contributed by atoms with Crippen molar-refractivity contribution in [1.82, 2.24) is 4.31 Å². The van der Waals surface area contributed by atoms with E-state index in [2.05, 4.69) is 21.2 Å². The molecule has 118 valence electrons. The van der Waals surface area contributed by atoms with E-state index < -0.39 is 10.0 Å². The van der Waals surface area contributed by atoms with Crippen molar-refractivity contribution < 1.29 is 8.42 Å². The first-order valence-corrected chi connectivity index (χ1v) is 9.05. The highest BCUT2D eigenvalue weighted by molar-refractivity contribution is 9.10. The normalized spacial score (nSPS) is 11.7. The molecule has 0 saturated carbocycles. The summed E-state index contributed by atoms with van der Waals surface area (Å²) in [5.41, 5.74) is 3.07. The third-order valence-corrected chi connectivity index (χ3v) is 6.03. The van der Waals surface area contributed by atoms with Crippen molar-refractivity contribution in [3.8, 4) is 0 Å². The van der Waals surface area contributed by atoms with Crippen LogP contribution >= 0.6 is 15.9 Å². The molecule has 0 atom stereocenters. The zero-order valence-electron chi connectivity index (χ0n) is 12.8. The van der Waals surface area contributed by atoms with Gasteiger partial charge in [0.05, 0.1) is 4.90 Å². The number of anilines is 1. The Balaban J connectivity index is 2.16. The van der Waals surface area contributed by atoms with Crippen LogP contribution < -0.4 is 5.32 Å². The fraction of sp³-hybridized carbons (Fsp3) is 0.250. The Bertz CT molecular complexity index is 773. The minimum atomic E-state index is -3.40. The molecule has 0 amide bonds. The number of sulfonamides is 1. The molecule has 2 aromatic carbocycles. The summed E-state index contributed by atoms with van der Waals surface area (Å²) in [5, 5.41) is 3.31. The summed E-state index contributed by atoms with van der Waals surface area (Å²) in [4.78, 5) is 0.309. The summed E-state index contributed by atoms with van der Waals surface area (Å²) in [6.07, 6.45) is 0. The predicted octanol–water partition coefficient (Wildman–Crippen LogP) is 3.62. The van der Waals surface area contributed by atoms with Crippen LogP contribution in [0.1, 0.15) is 11.1 Å². The molecule has 0 aliphatic heterocycles. The summed E-state index contributed by atoms with van der Waals surface area (Å²) < 4.78 is 26.6. The Morgan fingerprint density at radius 3 is 2.50 bits per heavy atom.